The zero-order valence-electron chi connectivity index (χ0n) is 38.7. The minimum Gasteiger partial charge on any atom is -0.311 e. The van der Waals surface area contributed by atoms with Gasteiger partial charge in [0.2, 0.25) is 0 Å². The molecule has 11 aromatic carbocycles. The molecular weight excluding hydrogens is 849 g/mol. The Labute approximate surface area is 411 Å². The zero-order valence-corrected chi connectivity index (χ0v) is 38.7. The van der Waals surface area contributed by atoms with Gasteiger partial charge in [-0.15, -0.1) is 0 Å². The summed E-state index contributed by atoms with van der Waals surface area (Å²) in [6.07, 6.45) is 0. The molecule has 0 heterocycles. The van der Waals surface area contributed by atoms with Gasteiger partial charge in [-0.25, -0.2) is 0 Å². The van der Waals surface area contributed by atoms with Crippen LogP contribution in [0.4, 0.5) is 68.2 Å². The first kappa shape index (κ1) is 43.2. The van der Waals surface area contributed by atoms with Crippen LogP contribution in [0.1, 0.15) is 0 Å². The van der Waals surface area contributed by atoms with E-state index in [4.69, 9.17) is 0 Å². The van der Waals surface area contributed by atoms with Gasteiger partial charge in [0, 0.05) is 68.2 Å². The van der Waals surface area contributed by atoms with Crippen LogP contribution < -0.4 is 19.6 Å². The highest BCUT2D eigenvalue weighted by Gasteiger charge is 2.18. The first-order valence-corrected chi connectivity index (χ1v) is 23.8. The molecule has 11 aromatic rings. The summed E-state index contributed by atoms with van der Waals surface area (Å²) in [5, 5.41) is 0. The fraction of sp³-hybridized carbons (Fsp3) is 0. The second-order valence-electron chi connectivity index (χ2n) is 17.1. The molecule has 0 aliphatic carbocycles. The lowest BCUT2D eigenvalue weighted by Gasteiger charge is -2.28. The summed E-state index contributed by atoms with van der Waals surface area (Å²) < 4.78 is 0. The molecule has 0 atom stereocenters. The van der Waals surface area contributed by atoms with Gasteiger partial charge in [0.1, 0.15) is 0 Å². The molecule has 4 nitrogen and oxygen atoms in total. The SMILES string of the molecule is c1ccc(N(c2ccccc2)c2ccc(-c3ccc(N(c4ccccc4)c4ccc(N(c5ccccc5)c5ccc(-c6ccc(N(c7ccccc7)c7ccccc7)cc6)cc5)cc4)cc3)cc2)cc1. The largest absolute Gasteiger partial charge is 0.311 e. The maximum atomic E-state index is 2.32. The van der Waals surface area contributed by atoms with Crippen molar-refractivity contribution in [3.63, 3.8) is 0 Å². The lowest BCUT2D eigenvalue weighted by Crippen LogP contribution is -2.12. The first-order valence-electron chi connectivity index (χ1n) is 23.8. The molecule has 11 rings (SSSR count). The van der Waals surface area contributed by atoms with Crippen LogP contribution in [0, 0.1) is 0 Å². The summed E-state index contributed by atoms with van der Waals surface area (Å²) >= 11 is 0. The quantitative estimate of drug-likeness (QED) is 0.108. The van der Waals surface area contributed by atoms with Crippen LogP contribution in [0.15, 0.2) is 303 Å². The van der Waals surface area contributed by atoms with Crippen molar-refractivity contribution in [3.05, 3.63) is 303 Å². The summed E-state index contributed by atoms with van der Waals surface area (Å²) in [6.45, 7) is 0. The molecule has 0 N–H and O–H groups in total. The molecule has 0 radical (unpaired) electrons. The predicted molar refractivity (Wildman–Crippen MR) is 296 cm³/mol. The van der Waals surface area contributed by atoms with Crippen molar-refractivity contribution in [1.82, 2.24) is 0 Å². The Hall–Kier alpha value is -9.38. The molecule has 0 fully saturated rings. The van der Waals surface area contributed by atoms with E-state index in [0.29, 0.717) is 0 Å². The van der Waals surface area contributed by atoms with Crippen LogP contribution in [0.25, 0.3) is 22.3 Å². The Bertz CT molecular complexity index is 3040. The van der Waals surface area contributed by atoms with Gasteiger partial charge in [0.05, 0.1) is 0 Å². The van der Waals surface area contributed by atoms with Crippen LogP contribution in [0.2, 0.25) is 0 Å². The van der Waals surface area contributed by atoms with Crippen molar-refractivity contribution < 1.29 is 0 Å². The molecule has 0 saturated heterocycles. The first-order chi connectivity index (χ1) is 34.7. The van der Waals surface area contributed by atoms with E-state index in [0.717, 1.165) is 90.5 Å². The smallest absolute Gasteiger partial charge is 0.0463 e. The van der Waals surface area contributed by atoms with Crippen molar-refractivity contribution >= 4 is 68.2 Å². The van der Waals surface area contributed by atoms with Crippen molar-refractivity contribution in [2.75, 3.05) is 19.6 Å². The lowest BCUT2D eigenvalue weighted by atomic mass is 10.0. The third-order valence-corrected chi connectivity index (χ3v) is 12.6. The summed E-state index contributed by atoms with van der Waals surface area (Å²) in [4.78, 5) is 9.22. The van der Waals surface area contributed by atoms with Crippen LogP contribution in [0.3, 0.4) is 0 Å². The van der Waals surface area contributed by atoms with Crippen LogP contribution >= 0.6 is 0 Å². The fourth-order valence-electron chi connectivity index (χ4n) is 9.21. The molecule has 334 valence electrons. The molecule has 0 bridgehead atoms. The average molecular weight is 899 g/mol. The highest BCUT2D eigenvalue weighted by atomic mass is 15.2. The number of rotatable bonds is 14. The van der Waals surface area contributed by atoms with E-state index >= 15 is 0 Å². The number of benzene rings is 11. The minimum atomic E-state index is 1.07. The van der Waals surface area contributed by atoms with Gasteiger partial charge in [-0.1, -0.05) is 158 Å². The molecule has 0 unspecified atom stereocenters. The Morgan fingerprint density at radius 3 is 0.371 bits per heavy atom. The van der Waals surface area contributed by atoms with Gasteiger partial charge in [0.25, 0.3) is 0 Å². The molecule has 0 spiro atoms. The van der Waals surface area contributed by atoms with E-state index in [1.807, 2.05) is 0 Å². The third-order valence-electron chi connectivity index (χ3n) is 12.6. The second-order valence-corrected chi connectivity index (χ2v) is 17.1. The second kappa shape index (κ2) is 20.2. The molecule has 0 aromatic heterocycles. The van der Waals surface area contributed by atoms with E-state index in [9.17, 15) is 0 Å². The standard InChI is InChI=1S/C66H50N4/c1-7-19-55(20-8-1)67(56-21-9-2-10-22-56)61-39-31-51(32-40-61)53-35-43-63(44-36-53)69(59-27-15-5-16-28-59)65-47-49-66(50-48-65)70(60-29-17-6-18-30-60)64-45-37-54(38-46-64)52-33-41-62(42-34-52)68(57-23-11-3-12-24-57)58-25-13-4-14-26-58/h1-50H. The Balaban J connectivity index is 0.857. The van der Waals surface area contributed by atoms with Crippen molar-refractivity contribution in [3.8, 4) is 22.3 Å². The van der Waals surface area contributed by atoms with Gasteiger partial charge >= 0.3 is 0 Å². The van der Waals surface area contributed by atoms with Crippen LogP contribution in [0.5, 0.6) is 0 Å². The van der Waals surface area contributed by atoms with E-state index in [1.54, 1.807) is 0 Å². The number of hydrogen-bond donors (Lipinski definition) is 0. The maximum Gasteiger partial charge on any atom is 0.0463 e. The lowest BCUT2D eigenvalue weighted by molar-refractivity contribution is 1.26. The Morgan fingerprint density at radius 2 is 0.229 bits per heavy atom. The van der Waals surface area contributed by atoms with Gasteiger partial charge in [-0.3, -0.25) is 0 Å². The minimum absolute atomic E-state index is 1.07. The molecule has 0 aliphatic heterocycles. The number of para-hydroxylation sites is 6. The predicted octanol–water partition coefficient (Wildman–Crippen LogP) is 18.9. The van der Waals surface area contributed by atoms with Crippen molar-refractivity contribution in [2.24, 2.45) is 0 Å². The summed E-state index contributed by atoms with van der Waals surface area (Å²) in [7, 11) is 0. The molecule has 4 heteroatoms. The highest BCUT2D eigenvalue weighted by Crippen LogP contribution is 2.42. The Morgan fingerprint density at radius 1 is 0.114 bits per heavy atom. The molecule has 0 saturated carbocycles. The van der Waals surface area contributed by atoms with E-state index < -0.39 is 0 Å². The number of hydrogen-bond acceptors (Lipinski definition) is 4. The van der Waals surface area contributed by atoms with E-state index in [2.05, 4.69) is 323 Å². The van der Waals surface area contributed by atoms with Crippen LogP contribution in [-0.2, 0) is 0 Å². The van der Waals surface area contributed by atoms with Gasteiger partial charge in [0.15, 0.2) is 0 Å². The zero-order chi connectivity index (χ0) is 46.9. The number of anilines is 12. The van der Waals surface area contributed by atoms with Crippen molar-refractivity contribution in [1.29, 1.82) is 0 Å². The summed E-state index contributed by atoms with van der Waals surface area (Å²) in [5.74, 6) is 0. The molecule has 0 aliphatic rings. The third kappa shape index (κ3) is 9.31. The van der Waals surface area contributed by atoms with Gasteiger partial charge in [-0.2, -0.15) is 0 Å². The van der Waals surface area contributed by atoms with Gasteiger partial charge < -0.3 is 19.6 Å². The van der Waals surface area contributed by atoms with E-state index in [-0.39, 0.29) is 0 Å². The highest BCUT2D eigenvalue weighted by molar-refractivity contribution is 5.84. The molecule has 0 amide bonds. The Kier molecular flexibility index (Phi) is 12.5. The van der Waals surface area contributed by atoms with Gasteiger partial charge in [-0.05, 0) is 168 Å². The monoisotopic (exact) mass is 898 g/mol. The van der Waals surface area contributed by atoms with Crippen LogP contribution in [-0.4, -0.2) is 0 Å². The average Bonchev–Trinajstić information content (AvgIpc) is 3.44. The van der Waals surface area contributed by atoms with Crippen molar-refractivity contribution in [2.45, 2.75) is 0 Å². The van der Waals surface area contributed by atoms with E-state index in [1.165, 1.54) is 0 Å². The topological polar surface area (TPSA) is 13.0 Å². The normalized spacial score (nSPS) is 10.9. The molecule has 70 heavy (non-hydrogen) atoms. The fourth-order valence-corrected chi connectivity index (χ4v) is 9.21. The maximum absolute atomic E-state index is 2.32. The number of nitrogens with zero attached hydrogens (tertiary/aromatic N) is 4. The molecular formula is C66H50N4. The summed E-state index contributed by atoms with van der Waals surface area (Å²) in [5.41, 5.74) is 17.8. The summed E-state index contributed by atoms with van der Waals surface area (Å²) in [6, 6.07) is 108.